The van der Waals surface area contributed by atoms with Crippen LogP contribution >= 0.6 is 0 Å². The molecule has 0 radical (unpaired) electrons. The lowest BCUT2D eigenvalue weighted by Crippen LogP contribution is -2.41. The number of methoxy groups -OCH3 is 2. The van der Waals surface area contributed by atoms with Gasteiger partial charge >= 0.3 is 5.97 Å². The maximum atomic E-state index is 13.6. The molecular formula is C19H18F5NO4. The van der Waals surface area contributed by atoms with Crippen molar-refractivity contribution in [3.05, 3.63) is 52.8 Å². The molecule has 2 aromatic rings. The summed E-state index contributed by atoms with van der Waals surface area (Å²) in [6.07, 6.45) is 0. The molecule has 0 aliphatic carbocycles. The van der Waals surface area contributed by atoms with E-state index in [1.54, 1.807) is 32.0 Å². The highest BCUT2D eigenvalue weighted by atomic mass is 19.2. The molecule has 0 atom stereocenters. The van der Waals surface area contributed by atoms with Gasteiger partial charge in [0.2, 0.25) is 34.8 Å². The predicted molar refractivity (Wildman–Crippen MR) is 92.4 cm³/mol. The molecule has 0 saturated heterocycles. The first-order valence-corrected chi connectivity index (χ1v) is 8.22. The number of nitrogens with one attached hydrogen (secondary N) is 1. The molecule has 0 spiro atoms. The minimum absolute atomic E-state index is 0.484. The van der Waals surface area contributed by atoms with E-state index in [1.807, 2.05) is 0 Å². The first kappa shape index (κ1) is 22.4. The second kappa shape index (κ2) is 8.64. The Bertz CT molecular complexity index is 882. The van der Waals surface area contributed by atoms with E-state index in [1.165, 1.54) is 14.2 Å². The summed E-state index contributed by atoms with van der Waals surface area (Å²) in [5, 5.41) is 2.79. The van der Waals surface area contributed by atoms with Crippen LogP contribution in [0, 0.1) is 29.1 Å². The Morgan fingerprint density at radius 3 is 1.76 bits per heavy atom. The van der Waals surface area contributed by atoms with Crippen molar-refractivity contribution in [2.45, 2.75) is 19.4 Å². The Morgan fingerprint density at radius 2 is 1.31 bits per heavy atom. The molecule has 158 valence electrons. The SMILES string of the molecule is COc1cc(OC)cc(C(C)(C)NCC(=O)Oc2c(F)c(F)c(F)c(F)c2F)c1. The molecule has 5 nitrogen and oxygen atoms in total. The van der Waals surface area contributed by atoms with Gasteiger partial charge in [0.1, 0.15) is 11.5 Å². The summed E-state index contributed by atoms with van der Waals surface area (Å²) in [7, 11) is 2.92. The minimum atomic E-state index is -2.34. The van der Waals surface area contributed by atoms with Gasteiger partial charge in [-0.15, -0.1) is 0 Å². The molecule has 10 heteroatoms. The third-order valence-corrected chi connectivity index (χ3v) is 4.13. The van der Waals surface area contributed by atoms with Crippen LogP contribution in [0.3, 0.4) is 0 Å². The average Bonchev–Trinajstić information content (AvgIpc) is 2.72. The van der Waals surface area contributed by atoms with Crippen molar-refractivity contribution in [2.24, 2.45) is 0 Å². The summed E-state index contributed by atoms with van der Waals surface area (Å²) in [6, 6.07) is 4.98. The summed E-state index contributed by atoms with van der Waals surface area (Å²) in [6.45, 7) is 2.78. The second-order valence-electron chi connectivity index (χ2n) is 6.45. The molecule has 0 aromatic heterocycles. The lowest BCUT2D eigenvalue weighted by molar-refractivity contribution is -0.134. The quantitative estimate of drug-likeness (QED) is 0.243. The molecule has 0 amide bonds. The summed E-state index contributed by atoms with van der Waals surface area (Å²) in [5.41, 5.74) is -0.241. The van der Waals surface area contributed by atoms with Gasteiger partial charge in [-0.05, 0) is 31.5 Å². The van der Waals surface area contributed by atoms with Crippen LogP contribution in [0.2, 0.25) is 0 Å². The first-order valence-electron chi connectivity index (χ1n) is 8.22. The fraction of sp³-hybridized carbons (Fsp3) is 0.316. The van der Waals surface area contributed by atoms with Gasteiger partial charge in [0, 0.05) is 11.6 Å². The Balaban J connectivity index is 2.17. The highest BCUT2D eigenvalue weighted by Crippen LogP contribution is 2.31. The average molecular weight is 419 g/mol. The Labute approximate surface area is 163 Å². The summed E-state index contributed by atoms with van der Waals surface area (Å²) >= 11 is 0. The van der Waals surface area contributed by atoms with Gasteiger partial charge in [0.05, 0.1) is 20.8 Å². The molecule has 0 bridgehead atoms. The van der Waals surface area contributed by atoms with Crippen LogP contribution in [0.4, 0.5) is 22.0 Å². The molecule has 0 fully saturated rings. The second-order valence-corrected chi connectivity index (χ2v) is 6.45. The predicted octanol–water partition coefficient (Wildman–Crippen LogP) is 3.83. The van der Waals surface area contributed by atoms with Crippen LogP contribution in [-0.4, -0.2) is 26.7 Å². The Morgan fingerprint density at radius 1 is 0.862 bits per heavy atom. The van der Waals surface area contributed by atoms with Gasteiger partial charge in [-0.2, -0.15) is 8.78 Å². The molecule has 0 unspecified atom stereocenters. The number of esters is 1. The summed E-state index contributed by atoms with van der Waals surface area (Å²) in [4.78, 5) is 11.9. The van der Waals surface area contributed by atoms with Gasteiger partial charge in [0.15, 0.2) is 0 Å². The van der Waals surface area contributed by atoms with E-state index in [0.29, 0.717) is 17.1 Å². The van der Waals surface area contributed by atoms with Crippen LogP contribution in [-0.2, 0) is 10.3 Å². The van der Waals surface area contributed by atoms with Crippen molar-refractivity contribution >= 4 is 5.97 Å². The summed E-state index contributed by atoms with van der Waals surface area (Å²) in [5.74, 6) is -13.2. The Hall–Kier alpha value is -2.88. The maximum absolute atomic E-state index is 13.6. The number of benzene rings is 2. The van der Waals surface area contributed by atoms with E-state index in [2.05, 4.69) is 10.1 Å². The molecule has 0 aliphatic rings. The van der Waals surface area contributed by atoms with Crippen molar-refractivity contribution in [1.82, 2.24) is 5.32 Å². The van der Waals surface area contributed by atoms with Gasteiger partial charge in [0.25, 0.3) is 0 Å². The molecule has 1 N–H and O–H groups in total. The zero-order valence-corrected chi connectivity index (χ0v) is 16.0. The standard InChI is InChI=1S/C19H18F5NO4/c1-19(2,9-5-10(27-3)7-11(6-9)28-4)25-8-12(26)29-18-16(23)14(21)13(20)15(22)17(18)24/h5-7,25H,8H2,1-4H3. The molecule has 0 aliphatic heterocycles. The fourth-order valence-electron chi connectivity index (χ4n) is 2.39. The molecule has 2 rings (SSSR count). The van der Waals surface area contributed by atoms with Crippen LogP contribution in [0.25, 0.3) is 0 Å². The third kappa shape index (κ3) is 4.76. The van der Waals surface area contributed by atoms with Gasteiger partial charge in [-0.1, -0.05) is 0 Å². The van der Waals surface area contributed by atoms with Crippen molar-refractivity contribution in [3.63, 3.8) is 0 Å². The van der Waals surface area contributed by atoms with E-state index >= 15 is 0 Å². The smallest absolute Gasteiger partial charge is 0.325 e. The lowest BCUT2D eigenvalue weighted by atomic mass is 9.93. The normalized spacial score (nSPS) is 11.3. The van der Waals surface area contributed by atoms with E-state index in [-0.39, 0.29) is 0 Å². The fourth-order valence-corrected chi connectivity index (χ4v) is 2.39. The highest BCUT2D eigenvalue weighted by molar-refractivity contribution is 5.74. The first-order chi connectivity index (χ1) is 13.5. The van der Waals surface area contributed by atoms with Gasteiger partial charge in [-0.25, -0.2) is 13.2 Å². The Kier molecular flexibility index (Phi) is 6.68. The van der Waals surface area contributed by atoms with Crippen LogP contribution in [0.5, 0.6) is 17.2 Å². The molecule has 2 aromatic carbocycles. The van der Waals surface area contributed by atoms with Crippen molar-refractivity contribution in [2.75, 3.05) is 20.8 Å². The van der Waals surface area contributed by atoms with Crippen LogP contribution < -0.4 is 19.5 Å². The van der Waals surface area contributed by atoms with Gasteiger partial charge in [-0.3, -0.25) is 10.1 Å². The number of ether oxygens (including phenoxy) is 3. The van der Waals surface area contributed by atoms with E-state index in [4.69, 9.17) is 9.47 Å². The monoisotopic (exact) mass is 419 g/mol. The highest BCUT2D eigenvalue weighted by Gasteiger charge is 2.29. The lowest BCUT2D eigenvalue weighted by Gasteiger charge is -2.27. The third-order valence-electron chi connectivity index (χ3n) is 4.13. The molecule has 0 saturated carbocycles. The summed E-state index contributed by atoms with van der Waals surface area (Å²) < 4.78 is 81.4. The molecular weight excluding hydrogens is 401 g/mol. The number of hydrogen-bond donors (Lipinski definition) is 1. The number of hydrogen-bond acceptors (Lipinski definition) is 5. The molecule has 29 heavy (non-hydrogen) atoms. The zero-order chi connectivity index (χ0) is 21.9. The van der Waals surface area contributed by atoms with Crippen molar-refractivity contribution in [1.29, 1.82) is 0 Å². The number of halogens is 5. The topological polar surface area (TPSA) is 56.8 Å². The zero-order valence-electron chi connectivity index (χ0n) is 16.0. The maximum Gasteiger partial charge on any atom is 0.325 e. The van der Waals surface area contributed by atoms with Crippen molar-refractivity contribution < 1.29 is 41.0 Å². The van der Waals surface area contributed by atoms with Gasteiger partial charge < -0.3 is 14.2 Å². The van der Waals surface area contributed by atoms with Crippen molar-refractivity contribution in [3.8, 4) is 17.2 Å². The van der Waals surface area contributed by atoms with Crippen LogP contribution in [0.1, 0.15) is 19.4 Å². The van der Waals surface area contributed by atoms with E-state index in [9.17, 15) is 26.7 Å². The number of rotatable bonds is 7. The van der Waals surface area contributed by atoms with Crippen LogP contribution in [0.15, 0.2) is 18.2 Å². The van der Waals surface area contributed by atoms with E-state index in [0.717, 1.165) is 0 Å². The number of carbonyl (C=O) groups is 1. The minimum Gasteiger partial charge on any atom is -0.497 e. The molecule has 0 heterocycles. The largest absolute Gasteiger partial charge is 0.497 e. The number of carbonyl (C=O) groups excluding carboxylic acids is 1. The van der Waals surface area contributed by atoms with E-state index < -0.39 is 52.9 Å².